The summed E-state index contributed by atoms with van der Waals surface area (Å²) < 4.78 is 11.4. The van der Waals surface area contributed by atoms with Gasteiger partial charge >= 0.3 is 0 Å². The first-order valence-corrected chi connectivity index (χ1v) is 7.93. The molecule has 0 saturated carbocycles. The highest BCUT2D eigenvalue weighted by Gasteiger charge is 2.02. The van der Waals surface area contributed by atoms with Crippen LogP contribution in [-0.4, -0.2) is 7.11 Å². The molecule has 0 unspecified atom stereocenters. The number of ether oxygens (including phenoxy) is 2. The Balaban J connectivity index is 1.78. The predicted molar refractivity (Wildman–Crippen MR) is 99.1 cm³/mol. The molecule has 0 fully saturated rings. The monoisotopic (exact) mass is 316 g/mol. The molecular weight excluding hydrogens is 296 g/mol. The van der Waals surface area contributed by atoms with Crippen LogP contribution < -0.4 is 9.47 Å². The summed E-state index contributed by atoms with van der Waals surface area (Å²) in [6.45, 7) is 0.556. The van der Waals surface area contributed by atoms with Gasteiger partial charge in [0.15, 0.2) is 0 Å². The average Bonchev–Trinajstić information content (AvgIpc) is 2.66. The third-order valence-electron chi connectivity index (χ3n) is 3.74. The van der Waals surface area contributed by atoms with Crippen molar-refractivity contribution >= 4 is 12.2 Å². The molecule has 2 heteroatoms. The molecule has 0 aliphatic carbocycles. The van der Waals surface area contributed by atoms with Gasteiger partial charge in [0, 0.05) is 11.1 Å². The molecule has 3 aromatic rings. The summed E-state index contributed by atoms with van der Waals surface area (Å²) in [6.07, 6.45) is 4.10. The van der Waals surface area contributed by atoms with Gasteiger partial charge in [0.05, 0.1) is 7.11 Å². The number of hydrogen-bond acceptors (Lipinski definition) is 2. The fourth-order valence-corrected chi connectivity index (χ4v) is 2.47. The number of benzene rings is 3. The highest BCUT2D eigenvalue weighted by Crippen LogP contribution is 2.24. The molecule has 0 heterocycles. The zero-order valence-electron chi connectivity index (χ0n) is 13.7. The molecule has 0 saturated heterocycles. The fourth-order valence-electron chi connectivity index (χ4n) is 2.47. The van der Waals surface area contributed by atoms with Crippen molar-refractivity contribution in [1.29, 1.82) is 0 Å². The van der Waals surface area contributed by atoms with Crippen molar-refractivity contribution in [2.75, 3.05) is 7.11 Å². The van der Waals surface area contributed by atoms with E-state index in [1.807, 2.05) is 72.8 Å². The Morgan fingerprint density at radius 1 is 0.667 bits per heavy atom. The Morgan fingerprint density at radius 2 is 1.21 bits per heavy atom. The number of para-hydroxylation sites is 2. The van der Waals surface area contributed by atoms with Gasteiger partial charge in [-0.1, -0.05) is 78.9 Å². The van der Waals surface area contributed by atoms with Crippen LogP contribution >= 0.6 is 0 Å². The van der Waals surface area contributed by atoms with E-state index in [1.165, 1.54) is 0 Å². The average molecular weight is 316 g/mol. The van der Waals surface area contributed by atoms with Gasteiger partial charge in [-0.15, -0.1) is 0 Å². The standard InChI is InChI=1S/C22H20O2/c1-23-21-13-7-5-11-19(21)15-16-20-12-6-8-14-22(20)24-17-18-9-3-2-4-10-18/h2-16H,17H2,1H3/b16-15+. The largest absolute Gasteiger partial charge is 0.496 e. The number of rotatable bonds is 6. The molecule has 0 aliphatic heterocycles. The zero-order chi connectivity index (χ0) is 16.6. The number of hydrogen-bond donors (Lipinski definition) is 0. The van der Waals surface area contributed by atoms with E-state index in [-0.39, 0.29) is 0 Å². The van der Waals surface area contributed by atoms with Crippen LogP contribution in [0.2, 0.25) is 0 Å². The Labute approximate surface area is 143 Å². The summed E-state index contributed by atoms with van der Waals surface area (Å²) in [6, 6.07) is 26.2. The minimum absolute atomic E-state index is 0.556. The van der Waals surface area contributed by atoms with Crippen LogP contribution in [0.5, 0.6) is 11.5 Å². The quantitative estimate of drug-likeness (QED) is 0.563. The molecule has 0 N–H and O–H groups in total. The van der Waals surface area contributed by atoms with Crippen molar-refractivity contribution < 1.29 is 9.47 Å². The second-order valence-corrected chi connectivity index (χ2v) is 5.39. The molecule has 0 aromatic heterocycles. The highest BCUT2D eigenvalue weighted by molar-refractivity contribution is 5.74. The van der Waals surface area contributed by atoms with Gasteiger partial charge in [0.2, 0.25) is 0 Å². The maximum Gasteiger partial charge on any atom is 0.127 e. The first-order valence-electron chi connectivity index (χ1n) is 7.93. The van der Waals surface area contributed by atoms with Gasteiger partial charge in [-0.3, -0.25) is 0 Å². The molecule has 0 atom stereocenters. The summed E-state index contributed by atoms with van der Waals surface area (Å²) in [5.41, 5.74) is 3.23. The summed E-state index contributed by atoms with van der Waals surface area (Å²) >= 11 is 0. The predicted octanol–water partition coefficient (Wildman–Crippen LogP) is 5.44. The SMILES string of the molecule is COc1ccccc1/C=C/c1ccccc1OCc1ccccc1. The van der Waals surface area contributed by atoms with Crippen molar-refractivity contribution in [3.05, 3.63) is 95.6 Å². The van der Waals surface area contributed by atoms with E-state index in [2.05, 4.69) is 18.2 Å². The van der Waals surface area contributed by atoms with Crippen molar-refractivity contribution in [3.8, 4) is 11.5 Å². The third kappa shape index (κ3) is 4.05. The number of methoxy groups -OCH3 is 1. The lowest BCUT2D eigenvalue weighted by Crippen LogP contribution is -1.96. The highest BCUT2D eigenvalue weighted by atomic mass is 16.5. The van der Waals surface area contributed by atoms with Crippen LogP contribution in [0.3, 0.4) is 0 Å². The smallest absolute Gasteiger partial charge is 0.127 e. The van der Waals surface area contributed by atoms with Crippen LogP contribution in [-0.2, 0) is 6.61 Å². The van der Waals surface area contributed by atoms with Crippen LogP contribution in [0.4, 0.5) is 0 Å². The second-order valence-electron chi connectivity index (χ2n) is 5.39. The molecule has 2 nitrogen and oxygen atoms in total. The van der Waals surface area contributed by atoms with E-state index in [0.29, 0.717) is 6.61 Å². The minimum Gasteiger partial charge on any atom is -0.496 e. The van der Waals surface area contributed by atoms with E-state index in [0.717, 1.165) is 28.2 Å². The van der Waals surface area contributed by atoms with Crippen molar-refractivity contribution in [1.82, 2.24) is 0 Å². The molecule has 0 bridgehead atoms. The third-order valence-corrected chi connectivity index (χ3v) is 3.74. The summed E-state index contributed by atoms with van der Waals surface area (Å²) in [4.78, 5) is 0. The maximum atomic E-state index is 5.99. The first-order chi connectivity index (χ1) is 11.9. The molecule has 120 valence electrons. The molecule has 24 heavy (non-hydrogen) atoms. The van der Waals surface area contributed by atoms with Gasteiger partial charge in [-0.2, -0.15) is 0 Å². The van der Waals surface area contributed by atoms with Crippen molar-refractivity contribution in [3.63, 3.8) is 0 Å². The molecular formula is C22H20O2. The first kappa shape index (κ1) is 15.9. The Kier molecular flexibility index (Phi) is 5.31. The summed E-state index contributed by atoms with van der Waals surface area (Å²) in [5.74, 6) is 1.73. The van der Waals surface area contributed by atoms with E-state index in [1.54, 1.807) is 7.11 Å². The van der Waals surface area contributed by atoms with Crippen molar-refractivity contribution in [2.24, 2.45) is 0 Å². The van der Waals surface area contributed by atoms with E-state index in [4.69, 9.17) is 9.47 Å². The Morgan fingerprint density at radius 3 is 1.88 bits per heavy atom. The summed E-state index contributed by atoms with van der Waals surface area (Å²) in [7, 11) is 1.68. The van der Waals surface area contributed by atoms with Crippen LogP contribution in [0.15, 0.2) is 78.9 Å². The second kappa shape index (κ2) is 8.02. The molecule has 3 aromatic carbocycles. The van der Waals surface area contributed by atoms with Gasteiger partial charge in [-0.05, 0) is 17.7 Å². The molecule has 3 rings (SSSR count). The Hall–Kier alpha value is -3.00. The van der Waals surface area contributed by atoms with Gasteiger partial charge in [0.1, 0.15) is 18.1 Å². The zero-order valence-corrected chi connectivity index (χ0v) is 13.7. The molecule has 0 spiro atoms. The van der Waals surface area contributed by atoms with E-state index >= 15 is 0 Å². The van der Waals surface area contributed by atoms with Crippen molar-refractivity contribution in [2.45, 2.75) is 6.61 Å². The Bertz CT molecular complexity index is 807. The van der Waals surface area contributed by atoms with E-state index < -0.39 is 0 Å². The van der Waals surface area contributed by atoms with E-state index in [9.17, 15) is 0 Å². The lowest BCUT2D eigenvalue weighted by Gasteiger charge is -2.09. The van der Waals surface area contributed by atoms with Crippen LogP contribution in [0.1, 0.15) is 16.7 Å². The lowest BCUT2D eigenvalue weighted by atomic mass is 10.1. The van der Waals surface area contributed by atoms with Gasteiger partial charge < -0.3 is 9.47 Å². The van der Waals surface area contributed by atoms with Crippen LogP contribution in [0.25, 0.3) is 12.2 Å². The van der Waals surface area contributed by atoms with Crippen LogP contribution in [0, 0.1) is 0 Å². The lowest BCUT2D eigenvalue weighted by molar-refractivity contribution is 0.305. The molecule has 0 aliphatic rings. The van der Waals surface area contributed by atoms with Gasteiger partial charge in [-0.25, -0.2) is 0 Å². The minimum atomic E-state index is 0.556. The molecule has 0 amide bonds. The summed E-state index contributed by atoms with van der Waals surface area (Å²) in [5, 5.41) is 0. The topological polar surface area (TPSA) is 18.5 Å². The molecule has 0 radical (unpaired) electrons. The maximum absolute atomic E-state index is 5.99. The normalized spacial score (nSPS) is 10.7. The fraction of sp³-hybridized carbons (Fsp3) is 0.0909. The van der Waals surface area contributed by atoms with Gasteiger partial charge in [0.25, 0.3) is 0 Å².